The molecule has 1 atom stereocenters. The molecule has 1 unspecified atom stereocenters. The Balaban J connectivity index is 2.04. The van der Waals surface area contributed by atoms with Gasteiger partial charge in [-0.3, -0.25) is 0 Å². The van der Waals surface area contributed by atoms with Crippen LogP contribution in [0.3, 0.4) is 0 Å². The highest BCUT2D eigenvalue weighted by molar-refractivity contribution is 5.44. The molecule has 1 N–H and O–H groups in total. The summed E-state index contributed by atoms with van der Waals surface area (Å²) in [4.78, 5) is 0. The molecule has 0 aromatic heterocycles. The minimum Gasteiger partial charge on any atom is -0.486 e. The number of rotatable bonds is 3. The number of fused-ring (bicyclic) bond motifs is 1. The Morgan fingerprint density at radius 3 is 2.50 bits per heavy atom. The molecule has 3 nitrogen and oxygen atoms in total. The fraction of sp³-hybridized carbons (Fsp3) is 0.500. The van der Waals surface area contributed by atoms with E-state index in [1.54, 1.807) is 12.1 Å². The Labute approximate surface area is 102 Å². The second-order valence-corrected chi connectivity index (χ2v) is 4.07. The summed E-state index contributed by atoms with van der Waals surface area (Å²) in [6.45, 7) is 0.845. The molecule has 1 aliphatic rings. The Morgan fingerprint density at radius 2 is 1.83 bits per heavy atom. The first kappa shape index (κ1) is 13.0. The lowest BCUT2D eigenvalue weighted by Crippen LogP contribution is -2.16. The fourth-order valence-electron chi connectivity index (χ4n) is 1.73. The summed E-state index contributed by atoms with van der Waals surface area (Å²) in [5.41, 5.74) is 0.406. The first-order valence-corrected chi connectivity index (χ1v) is 5.60. The molecule has 0 radical (unpaired) electrons. The molecule has 1 aromatic rings. The van der Waals surface area contributed by atoms with Gasteiger partial charge in [0.25, 0.3) is 0 Å². The van der Waals surface area contributed by atoms with E-state index < -0.39 is 18.7 Å². The number of ether oxygens (including phenoxy) is 2. The molecule has 0 aliphatic carbocycles. The third-order valence-corrected chi connectivity index (χ3v) is 2.65. The van der Waals surface area contributed by atoms with Crippen molar-refractivity contribution < 1.29 is 27.8 Å². The van der Waals surface area contributed by atoms with Gasteiger partial charge in [-0.05, 0) is 24.1 Å². The lowest BCUT2D eigenvalue weighted by molar-refractivity contribution is -0.140. The topological polar surface area (TPSA) is 38.7 Å². The summed E-state index contributed by atoms with van der Waals surface area (Å²) in [6, 6.07) is 4.67. The van der Waals surface area contributed by atoms with Crippen molar-refractivity contribution in [3.63, 3.8) is 0 Å². The predicted molar refractivity (Wildman–Crippen MR) is 57.7 cm³/mol. The van der Waals surface area contributed by atoms with Crippen molar-refractivity contribution in [2.75, 3.05) is 13.2 Å². The van der Waals surface area contributed by atoms with Gasteiger partial charge in [0.1, 0.15) is 13.2 Å². The Kier molecular flexibility index (Phi) is 3.65. The van der Waals surface area contributed by atoms with E-state index in [0.29, 0.717) is 30.3 Å². The number of hydrogen-bond donors (Lipinski definition) is 1. The smallest absolute Gasteiger partial charge is 0.389 e. The van der Waals surface area contributed by atoms with Crippen molar-refractivity contribution in [1.82, 2.24) is 0 Å². The SMILES string of the molecule is OC(CCC(F)(F)F)c1ccc2c(c1)OCCO2. The van der Waals surface area contributed by atoms with Gasteiger partial charge < -0.3 is 14.6 Å². The maximum atomic E-state index is 12.0. The molecule has 0 bridgehead atoms. The van der Waals surface area contributed by atoms with E-state index >= 15 is 0 Å². The van der Waals surface area contributed by atoms with Crippen molar-refractivity contribution in [2.24, 2.45) is 0 Å². The van der Waals surface area contributed by atoms with Gasteiger partial charge in [-0.25, -0.2) is 0 Å². The Bertz CT molecular complexity index is 418. The summed E-state index contributed by atoms with van der Waals surface area (Å²) in [7, 11) is 0. The van der Waals surface area contributed by atoms with Crippen LogP contribution in [0.25, 0.3) is 0 Å². The third kappa shape index (κ3) is 3.29. The molecular formula is C12H13F3O3. The van der Waals surface area contributed by atoms with E-state index in [4.69, 9.17) is 9.47 Å². The summed E-state index contributed by atoms with van der Waals surface area (Å²) in [6.07, 6.45) is -6.77. The summed E-state index contributed by atoms with van der Waals surface area (Å²) in [5.74, 6) is 1.01. The van der Waals surface area contributed by atoms with E-state index in [1.807, 2.05) is 0 Å². The van der Waals surface area contributed by atoms with Crippen LogP contribution in [0, 0.1) is 0 Å². The van der Waals surface area contributed by atoms with Crippen LogP contribution in [0.15, 0.2) is 18.2 Å². The van der Waals surface area contributed by atoms with Crippen LogP contribution >= 0.6 is 0 Å². The molecule has 6 heteroatoms. The average Bonchev–Trinajstić information content (AvgIpc) is 2.34. The van der Waals surface area contributed by atoms with Crippen molar-refractivity contribution in [3.05, 3.63) is 23.8 Å². The monoisotopic (exact) mass is 262 g/mol. The van der Waals surface area contributed by atoms with Crippen LogP contribution in [0.5, 0.6) is 11.5 Å². The van der Waals surface area contributed by atoms with E-state index in [-0.39, 0.29) is 6.42 Å². The minimum atomic E-state index is -4.26. The number of hydrogen-bond acceptors (Lipinski definition) is 3. The van der Waals surface area contributed by atoms with Crippen LogP contribution in [0.1, 0.15) is 24.5 Å². The van der Waals surface area contributed by atoms with Crippen molar-refractivity contribution in [2.45, 2.75) is 25.1 Å². The first-order valence-electron chi connectivity index (χ1n) is 5.60. The molecule has 1 heterocycles. The molecule has 0 amide bonds. The molecule has 1 aromatic carbocycles. The van der Waals surface area contributed by atoms with Crippen LogP contribution in [-0.2, 0) is 0 Å². The zero-order valence-corrected chi connectivity index (χ0v) is 9.54. The van der Waals surface area contributed by atoms with E-state index in [0.717, 1.165) is 0 Å². The van der Waals surface area contributed by atoms with Crippen molar-refractivity contribution in [1.29, 1.82) is 0 Å². The predicted octanol–water partition coefficient (Wildman–Crippen LogP) is 2.83. The number of alkyl halides is 3. The summed E-state index contributed by atoms with van der Waals surface area (Å²) in [5, 5.41) is 9.69. The molecule has 1 aliphatic heterocycles. The quantitative estimate of drug-likeness (QED) is 0.910. The Hall–Kier alpha value is -1.43. The van der Waals surface area contributed by atoms with Gasteiger partial charge in [-0.1, -0.05) is 6.07 Å². The fourth-order valence-corrected chi connectivity index (χ4v) is 1.73. The molecule has 100 valence electrons. The van der Waals surface area contributed by atoms with E-state index in [1.165, 1.54) is 6.07 Å². The van der Waals surface area contributed by atoms with Crippen LogP contribution in [0.4, 0.5) is 13.2 Å². The van der Waals surface area contributed by atoms with Gasteiger partial charge in [0.2, 0.25) is 0 Å². The molecule has 18 heavy (non-hydrogen) atoms. The lowest BCUT2D eigenvalue weighted by atomic mass is 10.0. The molecular weight excluding hydrogens is 249 g/mol. The third-order valence-electron chi connectivity index (χ3n) is 2.65. The van der Waals surface area contributed by atoms with Gasteiger partial charge >= 0.3 is 6.18 Å². The molecule has 0 spiro atoms. The largest absolute Gasteiger partial charge is 0.486 e. The maximum absolute atomic E-state index is 12.0. The highest BCUT2D eigenvalue weighted by atomic mass is 19.4. The van der Waals surface area contributed by atoms with Gasteiger partial charge in [-0.2, -0.15) is 13.2 Å². The molecule has 0 saturated heterocycles. The van der Waals surface area contributed by atoms with Crippen LogP contribution in [0.2, 0.25) is 0 Å². The Morgan fingerprint density at radius 1 is 1.17 bits per heavy atom. The van der Waals surface area contributed by atoms with Crippen LogP contribution in [-0.4, -0.2) is 24.5 Å². The molecule has 2 rings (SSSR count). The van der Waals surface area contributed by atoms with Gasteiger partial charge in [0, 0.05) is 6.42 Å². The molecule has 0 saturated carbocycles. The van der Waals surface area contributed by atoms with Gasteiger partial charge in [0.05, 0.1) is 6.10 Å². The second-order valence-electron chi connectivity index (χ2n) is 4.07. The average molecular weight is 262 g/mol. The second kappa shape index (κ2) is 5.06. The van der Waals surface area contributed by atoms with Gasteiger partial charge in [-0.15, -0.1) is 0 Å². The number of benzene rings is 1. The summed E-state index contributed by atoms with van der Waals surface area (Å²) < 4.78 is 46.7. The van der Waals surface area contributed by atoms with Gasteiger partial charge in [0.15, 0.2) is 11.5 Å². The lowest BCUT2D eigenvalue weighted by Gasteiger charge is -2.20. The zero-order valence-electron chi connectivity index (χ0n) is 9.54. The highest BCUT2D eigenvalue weighted by Crippen LogP contribution is 2.34. The minimum absolute atomic E-state index is 0.358. The number of aliphatic hydroxyl groups is 1. The highest BCUT2D eigenvalue weighted by Gasteiger charge is 2.28. The number of halogens is 3. The van der Waals surface area contributed by atoms with Crippen molar-refractivity contribution in [3.8, 4) is 11.5 Å². The number of aliphatic hydroxyl groups excluding tert-OH is 1. The molecule has 0 fully saturated rings. The first-order chi connectivity index (χ1) is 8.46. The normalized spacial score (nSPS) is 16.4. The maximum Gasteiger partial charge on any atom is 0.389 e. The summed E-state index contributed by atoms with van der Waals surface area (Å²) >= 11 is 0. The van der Waals surface area contributed by atoms with Crippen molar-refractivity contribution >= 4 is 0 Å². The standard InChI is InChI=1S/C12H13F3O3/c13-12(14,15)4-3-9(16)8-1-2-10-11(7-8)18-6-5-17-10/h1-2,7,9,16H,3-6H2. The van der Waals surface area contributed by atoms with E-state index in [2.05, 4.69) is 0 Å². The van der Waals surface area contributed by atoms with Crippen LogP contribution < -0.4 is 9.47 Å². The zero-order chi connectivity index (χ0) is 13.2. The van der Waals surface area contributed by atoms with E-state index in [9.17, 15) is 18.3 Å².